The van der Waals surface area contributed by atoms with Crippen LogP contribution < -0.4 is 0 Å². The van der Waals surface area contributed by atoms with E-state index in [1.54, 1.807) is 6.92 Å². The zero-order chi connectivity index (χ0) is 11.4. The Bertz CT molecular complexity index is 213. The van der Waals surface area contributed by atoms with Gasteiger partial charge in [0.05, 0.1) is 0 Å². The number of unbranched alkanes of at least 4 members (excludes halogenated alkanes) is 1. The monoisotopic (exact) mass is 242 g/mol. The van der Waals surface area contributed by atoms with Crippen LogP contribution in [-0.2, 0) is 9.59 Å². The first-order valence-electron chi connectivity index (χ1n) is 4.84. The van der Waals surface area contributed by atoms with Crippen LogP contribution in [0.4, 0.5) is 0 Å². The van der Waals surface area contributed by atoms with E-state index >= 15 is 0 Å². The molecule has 0 aromatic heterocycles. The third-order valence-electron chi connectivity index (χ3n) is 2.86. The zero-order valence-corrected chi connectivity index (χ0v) is 8.91. The van der Waals surface area contributed by atoms with E-state index in [0.29, 0.717) is 6.42 Å². The number of hydrogen-bond acceptors (Lipinski definition) is 2. The van der Waals surface area contributed by atoms with Crippen LogP contribution in [-0.4, -0.2) is 73.5 Å². The van der Waals surface area contributed by atoms with E-state index in [0.717, 1.165) is 12.8 Å². The second-order valence-corrected chi connectivity index (χ2v) is 3.86. The summed E-state index contributed by atoms with van der Waals surface area (Å²) in [5, 5.41) is 17.8. The molecule has 84 valence electrons. The standard InChI is InChI=1S/C10H18O4.K.H/c1-4-5-6-7(2)10(3,8(11)12)9(13)14;;/h7H,4-6H2,1-3H3,(H,11,12)(H,13,14);;. The van der Waals surface area contributed by atoms with Crippen LogP contribution in [0.3, 0.4) is 0 Å². The molecular formula is C10H19KO4. The summed E-state index contributed by atoms with van der Waals surface area (Å²) in [6.07, 6.45) is 2.43. The van der Waals surface area contributed by atoms with E-state index in [1.165, 1.54) is 6.92 Å². The number of hydrogen-bond donors (Lipinski definition) is 2. The number of aliphatic carboxylic acids is 2. The fraction of sp³-hybridized carbons (Fsp3) is 0.800. The van der Waals surface area contributed by atoms with Crippen molar-refractivity contribution in [1.82, 2.24) is 0 Å². The van der Waals surface area contributed by atoms with Crippen molar-refractivity contribution in [2.45, 2.75) is 40.0 Å². The summed E-state index contributed by atoms with van der Waals surface area (Å²) in [6.45, 7) is 4.95. The molecule has 1 unspecified atom stereocenters. The Kier molecular flexibility index (Phi) is 9.32. The van der Waals surface area contributed by atoms with E-state index < -0.39 is 17.4 Å². The molecule has 4 nitrogen and oxygen atoms in total. The molecule has 0 heterocycles. The molecule has 0 aliphatic rings. The summed E-state index contributed by atoms with van der Waals surface area (Å²) in [5.74, 6) is -2.86. The van der Waals surface area contributed by atoms with Crippen molar-refractivity contribution in [3.05, 3.63) is 0 Å². The topological polar surface area (TPSA) is 74.6 Å². The number of rotatable bonds is 6. The van der Waals surface area contributed by atoms with Gasteiger partial charge in [-0.25, -0.2) is 0 Å². The summed E-state index contributed by atoms with van der Waals surface area (Å²) < 4.78 is 0. The van der Waals surface area contributed by atoms with Gasteiger partial charge in [-0.15, -0.1) is 0 Å². The Morgan fingerprint density at radius 3 is 1.93 bits per heavy atom. The van der Waals surface area contributed by atoms with E-state index in [-0.39, 0.29) is 57.3 Å². The van der Waals surface area contributed by atoms with E-state index in [9.17, 15) is 9.59 Å². The van der Waals surface area contributed by atoms with Gasteiger partial charge in [-0.05, 0) is 19.3 Å². The summed E-state index contributed by atoms with van der Waals surface area (Å²) >= 11 is 0. The van der Waals surface area contributed by atoms with Crippen LogP contribution in [0.15, 0.2) is 0 Å². The average molecular weight is 242 g/mol. The van der Waals surface area contributed by atoms with Gasteiger partial charge in [-0.1, -0.05) is 26.7 Å². The van der Waals surface area contributed by atoms with Gasteiger partial charge in [0.25, 0.3) is 0 Å². The Morgan fingerprint density at radius 2 is 1.67 bits per heavy atom. The predicted octanol–water partition coefficient (Wildman–Crippen LogP) is 1.34. The van der Waals surface area contributed by atoms with Gasteiger partial charge < -0.3 is 10.2 Å². The molecule has 0 aromatic carbocycles. The second kappa shape index (κ2) is 7.79. The van der Waals surface area contributed by atoms with Crippen molar-refractivity contribution >= 4 is 63.3 Å². The summed E-state index contributed by atoms with van der Waals surface area (Å²) in [4.78, 5) is 21.8. The van der Waals surface area contributed by atoms with Crippen molar-refractivity contribution in [3.8, 4) is 0 Å². The Morgan fingerprint density at radius 1 is 1.27 bits per heavy atom. The Balaban J connectivity index is 0. The quantitative estimate of drug-likeness (QED) is 0.544. The first kappa shape index (κ1) is 18.0. The number of carbonyl (C=O) groups is 2. The van der Waals surface area contributed by atoms with Crippen LogP contribution in [0.2, 0.25) is 0 Å². The van der Waals surface area contributed by atoms with E-state index in [2.05, 4.69) is 0 Å². The molecule has 0 saturated heterocycles. The van der Waals surface area contributed by atoms with Gasteiger partial charge in [0.2, 0.25) is 0 Å². The van der Waals surface area contributed by atoms with Gasteiger partial charge in [-0.3, -0.25) is 9.59 Å². The van der Waals surface area contributed by atoms with Crippen LogP contribution in [0.25, 0.3) is 0 Å². The molecule has 15 heavy (non-hydrogen) atoms. The fourth-order valence-corrected chi connectivity index (χ4v) is 1.31. The van der Waals surface area contributed by atoms with Crippen molar-refractivity contribution in [1.29, 1.82) is 0 Å². The minimum atomic E-state index is -1.66. The average Bonchev–Trinajstić information content (AvgIpc) is 2.11. The molecule has 0 saturated carbocycles. The SMILES string of the molecule is CCCCC(C)C(C)(C(=O)O)C(=O)O.[KH]. The maximum atomic E-state index is 10.9. The van der Waals surface area contributed by atoms with Crippen LogP contribution >= 0.6 is 0 Å². The first-order chi connectivity index (χ1) is 6.37. The molecule has 0 aliphatic heterocycles. The van der Waals surface area contributed by atoms with Crippen LogP contribution in [0.1, 0.15) is 40.0 Å². The van der Waals surface area contributed by atoms with Gasteiger partial charge in [0, 0.05) is 0 Å². The van der Waals surface area contributed by atoms with Gasteiger partial charge >= 0.3 is 63.3 Å². The molecule has 1 atom stereocenters. The van der Waals surface area contributed by atoms with Crippen molar-refractivity contribution < 1.29 is 19.8 Å². The van der Waals surface area contributed by atoms with E-state index in [1.807, 2.05) is 6.92 Å². The molecule has 0 aromatic rings. The maximum absolute atomic E-state index is 10.9. The van der Waals surface area contributed by atoms with Crippen molar-refractivity contribution in [2.75, 3.05) is 0 Å². The van der Waals surface area contributed by atoms with Crippen LogP contribution in [0.5, 0.6) is 0 Å². The fourth-order valence-electron chi connectivity index (χ4n) is 1.31. The summed E-state index contributed by atoms with van der Waals surface area (Å²) in [5.41, 5.74) is -1.66. The van der Waals surface area contributed by atoms with Gasteiger partial charge in [0.15, 0.2) is 5.41 Å². The van der Waals surface area contributed by atoms with E-state index in [4.69, 9.17) is 10.2 Å². The Hall–Kier alpha value is 0.576. The third kappa shape index (κ3) is 4.52. The molecule has 2 N–H and O–H groups in total. The molecule has 0 amide bonds. The molecule has 0 spiro atoms. The van der Waals surface area contributed by atoms with Crippen LogP contribution in [0, 0.1) is 11.3 Å². The molecule has 5 heteroatoms. The molecule has 0 rings (SSSR count). The summed E-state index contributed by atoms with van der Waals surface area (Å²) in [7, 11) is 0. The minimum absolute atomic E-state index is 0. The van der Waals surface area contributed by atoms with Crippen molar-refractivity contribution in [3.63, 3.8) is 0 Å². The summed E-state index contributed by atoms with van der Waals surface area (Å²) in [6, 6.07) is 0. The first-order valence-corrected chi connectivity index (χ1v) is 4.84. The molecule has 0 radical (unpaired) electrons. The molecule has 0 aliphatic carbocycles. The van der Waals surface area contributed by atoms with Gasteiger partial charge in [0.1, 0.15) is 0 Å². The second-order valence-electron chi connectivity index (χ2n) is 3.86. The molecule has 0 bridgehead atoms. The van der Waals surface area contributed by atoms with Gasteiger partial charge in [-0.2, -0.15) is 0 Å². The number of carboxylic acids is 2. The third-order valence-corrected chi connectivity index (χ3v) is 2.86. The Labute approximate surface area is 133 Å². The molecule has 0 fully saturated rings. The molecular weight excluding hydrogens is 223 g/mol. The normalized spacial score (nSPS) is 12.7. The van der Waals surface area contributed by atoms with Crippen molar-refractivity contribution in [2.24, 2.45) is 11.3 Å². The zero-order valence-electron chi connectivity index (χ0n) is 8.91. The number of carboxylic acid groups (broad SMARTS) is 2. The predicted molar refractivity (Wildman–Crippen MR) is 59.2 cm³/mol.